The van der Waals surface area contributed by atoms with E-state index in [1.807, 2.05) is 43.5 Å². The molecular weight excluding hydrogens is 418 g/mol. The van der Waals surface area contributed by atoms with E-state index in [4.69, 9.17) is 9.47 Å². The predicted molar refractivity (Wildman–Crippen MR) is 119 cm³/mol. The summed E-state index contributed by atoms with van der Waals surface area (Å²) < 4.78 is 10.7. The van der Waals surface area contributed by atoms with Crippen molar-refractivity contribution in [2.24, 2.45) is 0 Å². The first-order valence-electron chi connectivity index (χ1n) is 10.3. The number of rotatable bonds is 8. The summed E-state index contributed by atoms with van der Waals surface area (Å²) in [6.07, 6.45) is 1.03. The monoisotopic (exact) mass is 445 g/mol. The van der Waals surface area contributed by atoms with Gasteiger partial charge in [-0.25, -0.2) is 0 Å². The molecule has 0 aliphatic carbocycles. The Morgan fingerprint density at radius 3 is 2.58 bits per heavy atom. The number of hydrogen-bond donors (Lipinski definition) is 2. The smallest absolute Gasteiger partial charge is 0.313 e. The van der Waals surface area contributed by atoms with Gasteiger partial charge in [-0.3, -0.25) is 14.4 Å². The third kappa shape index (κ3) is 5.90. The molecule has 0 spiro atoms. The topological polar surface area (TPSA) is 97.0 Å². The minimum absolute atomic E-state index is 0.0229. The molecule has 0 atom stereocenters. The summed E-state index contributed by atoms with van der Waals surface area (Å²) in [6, 6.07) is 9.01. The van der Waals surface area contributed by atoms with E-state index in [1.165, 1.54) is 11.3 Å². The normalized spacial score (nSPS) is 13.1. The second-order valence-corrected chi connectivity index (χ2v) is 7.83. The third-order valence-electron chi connectivity index (χ3n) is 4.77. The summed E-state index contributed by atoms with van der Waals surface area (Å²) in [5.41, 5.74) is 2.31. The Kier molecular flexibility index (Phi) is 8.16. The molecule has 0 bridgehead atoms. The highest BCUT2D eigenvalue weighted by Crippen LogP contribution is 2.31. The van der Waals surface area contributed by atoms with Crippen LogP contribution in [0.25, 0.3) is 0 Å². The molecule has 8 nitrogen and oxygen atoms in total. The minimum Gasteiger partial charge on any atom is -0.351 e. The van der Waals surface area contributed by atoms with Crippen molar-refractivity contribution in [2.75, 3.05) is 36.5 Å². The zero-order valence-corrected chi connectivity index (χ0v) is 18.5. The molecule has 3 rings (SSSR count). The second-order valence-electron chi connectivity index (χ2n) is 6.89. The fraction of sp³-hybridized carbons (Fsp3) is 0.409. The van der Waals surface area contributed by atoms with E-state index in [-0.39, 0.29) is 12.5 Å². The zero-order chi connectivity index (χ0) is 22.2. The summed E-state index contributed by atoms with van der Waals surface area (Å²) in [7, 11) is 0. The van der Waals surface area contributed by atoms with E-state index in [0.717, 1.165) is 24.1 Å². The van der Waals surface area contributed by atoms with E-state index in [2.05, 4.69) is 10.6 Å². The Hall–Kier alpha value is -2.75. The second kappa shape index (κ2) is 11.0. The van der Waals surface area contributed by atoms with Crippen molar-refractivity contribution in [3.05, 3.63) is 46.2 Å². The molecule has 1 aliphatic heterocycles. The van der Waals surface area contributed by atoms with Gasteiger partial charge in [-0.2, -0.15) is 0 Å². The molecule has 0 unspecified atom stereocenters. The van der Waals surface area contributed by atoms with Crippen molar-refractivity contribution in [3.63, 3.8) is 0 Å². The van der Waals surface area contributed by atoms with E-state index in [0.29, 0.717) is 30.3 Å². The van der Waals surface area contributed by atoms with Crippen LogP contribution < -0.4 is 15.5 Å². The van der Waals surface area contributed by atoms with Crippen LogP contribution in [-0.4, -0.2) is 50.3 Å². The highest BCUT2D eigenvalue weighted by atomic mass is 32.1. The highest BCUT2D eigenvalue weighted by Gasteiger charge is 2.25. The molecule has 0 fully saturated rings. The van der Waals surface area contributed by atoms with Gasteiger partial charge in [-0.15, -0.1) is 11.3 Å². The number of carbonyl (C=O) groups is 3. The number of nitrogens with one attached hydrogen (secondary N) is 2. The molecular formula is C22H27N3O5S. The number of aryl methyl sites for hydroxylation is 1. The van der Waals surface area contributed by atoms with Gasteiger partial charge in [0.25, 0.3) is 5.91 Å². The maximum atomic E-state index is 12.8. The maximum Gasteiger partial charge on any atom is 0.313 e. The van der Waals surface area contributed by atoms with E-state index < -0.39 is 18.1 Å². The molecule has 2 aromatic rings. The van der Waals surface area contributed by atoms with Crippen LogP contribution in [0, 0.1) is 0 Å². The highest BCUT2D eigenvalue weighted by molar-refractivity contribution is 7.12. The Balaban J connectivity index is 1.62. The van der Waals surface area contributed by atoms with Crippen molar-refractivity contribution >= 4 is 40.4 Å². The number of carbonyl (C=O) groups excluding carboxylic acids is 3. The van der Waals surface area contributed by atoms with Crippen molar-refractivity contribution in [1.82, 2.24) is 5.32 Å². The van der Waals surface area contributed by atoms with Gasteiger partial charge < -0.3 is 25.0 Å². The lowest BCUT2D eigenvalue weighted by Gasteiger charge is -2.29. The molecule has 3 amide bonds. The zero-order valence-electron chi connectivity index (χ0n) is 17.7. The van der Waals surface area contributed by atoms with Crippen LogP contribution in [0.5, 0.6) is 0 Å². The van der Waals surface area contributed by atoms with E-state index in [1.54, 1.807) is 11.0 Å². The maximum absolute atomic E-state index is 12.8. The van der Waals surface area contributed by atoms with E-state index in [9.17, 15) is 14.4 Å². The molecule has 9 heteroatoms. The first-order valence-corrected chi connectivity index (χ1v) is 11.2. The molecule has 166 valence electrons. The van der Waals surface area contributed by atoms with Gasteiger partial charge in [0.2, 0.25) is 0 Å². The van der Waals surface area contributed by atoms with Crippen LogP contribution in [-0.2, 0) is 25.5 Å². The number of fused-ring (bicyclic) bond motifs is 1. The molecule has 31 heavy (non-hydrogen) atoms. The molecule has 0 saturated carbocycles. The number of thiophene rings is 1. The van der Waals surface area contributed by atoms with Crippen LogP contribution in [0.3, 0.4) is 0 Å². The number of nitrogens with zero attached hydrogens (tertiary/aromatic N) is 1. The number of hydrogen-bond acceptors (Lipinski definition) is 6. The molecule has 0 saturated heterocycles. The summed E-state index contributed by atoms with van der Waals surface area (Å²) in [5, 5.41) is 7.02. The number of anilines is 2. The Morgan fingerprint density at radius 1 is 1.13 bits per heavy atom. The van der Waals surface area contributed by atoms with Crippen molar-refractivity contribution in [2.45, 2.75) is 33.0 Å². The largest absolute Gasteiger partial charge is 0.351 e. The van der Waals surface area contributed by atoms with Gasteiger partial charge in [0.05, 0.1) is 11.4 Å². The first-order chi connectivity index (χ1) is 15.0. The molecule has 1 aromatic heterocycles. The van der Waals surface area contributed by atoms with Crippen molar-refractivity contribution in [3.8, 4) is 0 Å². The van der Waals surface area contributed by atoms with Gasteiger partial charge in [-0.1, -0.05) is 6.07 Å². The van der Waals surface area contributed by atoms with Gasteiger partial charge in [-0.05, 0) is 61.9 Å². The Labute approximate surface area is 185 Å². The SMILES string of the molecule is CCOC(CNC(=O)C(=O)Nc1ccc2c(c1)CCCN2C(=O)c1cccs1)OCC. The minimum atomic E-state index is -0.769. The van der Waals surface area contributed by atoms with Crippen LogP contribution >= 0.6 is 11.3 Å². The number of amides is 3. The predicted octanol–water partition coefficient (Wildman–Crippen LogP) is 2.79. The lowest BCUT2D eigenvalue weighted by atomic mass is 10.0. The van der Waals surface area contributed by atoms with Gasteiger partial charge in [0.15, 0.2) is 6.29 Å². The fourth-order valence-electron chi connectivity index (χ4n) is 3.40. The Morgan fingerprint density at radius 2 is 1.90 bits per heavy atom. The van der Waals surface area contributed by atoms with E-state index >= 15 is 0 Å². The van der Waals surface area contributed by atoms with Crippen LogP contribution in [0.4, 0.5) is 11.4 Å². The van der Waals surface area contributed by atoms with Gasteiger partial charge >= 0.3 is 11.8 Å². The van der Waals surface area contributed by atoms with Crippen LogP contribution in [0.1, 0.15) is 35.5 Å². The quantitative estimate of drug-likeness (QED) is 0.481. The third-order valence-corrected chi connectivity index (χ3v) is 5.63. The first kappa shape index (κ1) is 22.9. The lowest BCUT2D eigenvalue weighted by molar-refractivity contribution is -0.145. The lowest BCUT2D eigenvalue weighted by Crippen LogP contribution is -2.41. The van der Waals surface area contributed by atoms with Crippen molar-refractivity contribution < 1.29 is 23.9 Å². The number of ether oxygens (including phenoxy) is 2. The summed E-state index contributed by atoms with van der Waals surface area (Å²) in [4.78, 5) is 39.7. The molecule has 1 aromatic carbocycles. The average Bonchev–Trinajstić information content (AvgIpc) is 3.31. The van der Waals surface area contributed by atoms with Crippen LogP contribution in [0.2, 0.25) is 0 Å². The van der Waals surface area contributed by atoms with Crippen LogP contribution in [0.15, 0.2) is 35.7 Å². The van der Waals surface area contributed by atoms with Crippen molar-refractivity contribution in [1.29, 1.82) is 0 Å². The van der Waals surface area contributed by atoms with Gasteiger partial charge in [0, 0.05) is 31.1 Å². The summed E-state index contributed by atoms with van der Waals surface area (Å²) in [5.74, 6) is -1.56. The molecule has 2 N–H and O–H groups in total. The standard InChI is InChI=1S/C22H27N3O5S/c1-3-29-19(30-4-2)14-23-20(26)21(27)24-16-9-10-17-15(13-16)7-5-11-25(17)22(28)18-8-6-12-31-18/h6,8-10,12-13,19H,3-5,7,11,14H2,1-2H3,(H,23,26)(H,24,27). The fourth-order valence-corrected chi connectivity index (χ4v) is 4.07. The van der Waals surface area contributed by atoms with Gasteiger partial charge in [0.1, 0.15) is 0 Å². The summed E-state index contributed by atoms with van der Waals surface area (Å²) >= 11 is 1.42. The molecule has 1 aliphatic rings. The average molecular weight is 446 g/mol. The summed E-state index contributed by atoms with van der Waals surface area (Å²) in [6.45, 7) is 5.26. The molecule has 2 heterocycles. The number of benzene rings is 1. The molecule has 0 radical (unpaired) electrons. The Bertz CT molecular complexity index is 910.